The number of ether oxygens (including phenoxy) is 8. The highest BCUT2D eigenvalue weighted by Crippen LogP contribution is 2.38. The number of allylic oxidation sites excluding steroid dienone is 16. The number of carbonyl (C=O) groups is 8. The molecule has 0 saturated carbocycles. The lowest BCUT2D eigenvalue weighted by Gasteiger charge is -2.30. The normalized spacial score (nSPS) is 22.5. The van der Waals surface area contributed by atoms with E-state index in [4.69, 9.17) is 37.9 Å². The quantitative estimate of drug-likeness (QED) is 0.0263. The van der Waals surface area contributed by atoms with Gasteiger partial charge in [0.2, 0.25) is 0 Å². The third kappa shape index (κ3) is 25.5. The first-order valence-corrected chi connectivity index (χ1v) is 30.9. The summed E-state index contributed by atoms with van der Waals surface area (Å²) in [6.45, 7) is 17.5. The maximum Gasteiger partial charge on any atom is 0.310 e. The fourth-order valence-electron chi connectivity index (χ4n) is 11.2. The van der Waals surface area contributed by atoms with E-state index in [2.05, 4.69) is 24.3 Å². The molecule has 86 heavy (non-hydrogen) atoms. The van der Waals surface area contributed by atoms with Crippen LogP contribution in [0, 0.1) is 47.3 Å². The molecule has 18 nitrogen and oxygen atoms in total. The Kier molecular flexibility index (Phi) is 31.9. The van der Waals surface area contributed by atoms with Crippen LogP contribution in [0.25, 0.3) is 0 Å². The molecule has 0 spiro atoms. The minimum absolute atomic E-state index is 0.0323. The van der Waals surface area contributed by atoms with Gasteiger partial charge < -0.3 is 48.1 Å². The van der Waals surface area contributed by atoms with Crippen molar-refractivity contribution in [3.8, 4) is 0 Å². The molecule has 18 heteroatoms. The lowest BCUT2D eigenvalue weighted by Crippen LogP contribution is -2.38. The number of aliphatic hydroxyl groups is 1. The molecule has 0 radical (unpaired) electrons. The molecule has 0 fully saturated rings. The predicted octanol–water partition coefficient (Wildman–Crippen LogP) is 11.5. The molecule has 0 saturated heterocycles. The van der Waals surface area contributed by atoms with E-state index in [1.807, 2.05) is 79.7 Å². The monoisotopic (exact) mass is 1200 g/mol. The fourth-order valence-corrected chi connectivity index (χ4v) is 11.2. The van der Waals surface area contributed by atoms with Crippen LogP contribution in [0.3, 0.4) is 0 Å². The van der Waals surface area contributed by atoms with Gasteiger partial charge in [0.1, 0.15) is 45.2 Å². The van der Waals surface area contributed by atoms with E-state index < -0.39 is 107 Å². The Hall–Kier alpha value is -6.40. The maximum absolute atomic E-state index is 13.9. The number of esters is 7. The molecule has 2 N–H and O–H groups in total. The lowest BCUT2D eigenvalue weighted by atomic mass is 9.78. The highest BCUT2D eigenvalue weighted by atomic mass is 16.6. The van der Waals surface area contributed by atoms with Gasteiger partial charge in [-0.2, -0.15) is 0 Å². The van der Waals surface area contributed by atoms with Crippen molar-refractivity contribution in [1.29, 1.82) is 0 Å². The lowest BCUT2D eigenvalue weighted by molar-refractivity contribution is -0.169. The number of aliphatic carboxylic acids is 1. The number of carboxylic acids is 1. The van der Waals surface area contributed by atoms with Gasteiger partial charge >= 0.3 is 47.8 Å². The van der Waals surface area contributed by atoms with Crippen molar-refractivity contribution in [1.82, 2.24) is 0 Å². The molecule has 0 aromatic rings. The van der Waals surface area contributed by atoms with E-state index in [0.29, 0.717) is 25.7 Å². The molecular weight excluding hydrogens is 1100 g/mol. The topological polar surface area (TPSA) is 251 Å². The molecule has 10 atom stereocenters. The molecule has 0 amide bonds. The Bertz CT molecular complexity index is 2560. The average Bonchev–Trinajstić information content (AvgIpc) is 2.99. The Labute approximate surface area is 509 Å². The molecule has 10 unspecified atom stereocenters. The Morgan fingerprint density at radius 1 is 0.407 bits per heavy atom. The first kappa shape index (κ1) is 72.1. The van der Waals surface area contributed by atoms with Crippen LogP contribution >= 0.6 is 0 Å². The van der Waals surface area contributed by atoms with Gasteiger partial charge in [0.05, 0.1) is 67.2 Å². The summed E-state index contributed by atoms with van der Waals surface area (Å²) in [5.41, 5.74) is 8.70. The predicted molar refractivity (Wildman–Crippen MR) is 323 cm³/mol. The maximum atomic E-state index is 13.9. The first-order chi connectivity index (χ1) is 41.0. The number of carboxylic acid groups (broad SMARTS) is 1. The standard InChI is InChI=1S/C68H98O18/c1-43(2)15-11-19-49-23-27-53(61(70)71)57(37-49)68(78)86-48(10)42-79-41-47(9)85-67(77)56-30-26-52(22-14-18-46(7)8)40-60(56)66(76)84-36-34-82-63(73)55-29-25-51(21-13-17-45(5)6)39-59(55)65(75)83-35-33-81-62(72)54-28-24-50(20-12-16-44(3)4)38-58(54)64(74)80-32-31-69/h15-18,23-26,47-48,53-60,69H,11-14,19-22,27-42H2,1-10H3,(H,70,71). The van der Waals surface area contributed by atoms with Crippen LogP contribution in [0.4, 0.5) is 0 Å². The summed E-state index contributed by atoms with van der Waals surface area (Å²) < 4.78 is 45.1. The molecule has 4 rings (SSSR count). The highest BCUT2D eigenvalue weighted by molar-refractivity contribution is 5.85. The second-order valence-corrected chi connectivity index (χ2v) is 24.3. The number of rotatable bonds is 34. The Balaban J connectivity index is 1.32. The second-order valence-electron chi connectivity index (χ2n) is 24.3. The summed E-state index contributed by atoms with van der Waals surface area (Å²) in [5.74, 6) is -12.5. The smallest absolute Gasteiger partial charge is 0.310 e. The van der Waals surface area contributed by atoms with E-state index in [1.54, 1.807) is 13.8 Å². The summed E-state index contributed by atoms with van der Waals surface area (Å²) in [6, 6.07) is 0. The summed E-state index contributed by atoms with van der Waals surface area (Å²) in [5, 5.41) is 19.1. The minimum Gasteiger partial charge on any atom is -0.481 e. The van der Waals surface area contributed by atoms with E-state index in [0.717, 1.165) is 72.0 Å². The van der Waals surface area contributed by atoms with Crippen LogP contribution in [-0.2, 0) is 76.3 Å². The van der Waals surface area contributed by atoms with E-state index in [9.17, 15) is 48.6 Å². The molecular formula is C68H98O18. The second kappa shape index (κ2) is 38.0. The minimum atomic E-state index is -1.05. The van der Waals surface area contributed by atoms with Crippen LogP contribution in [0.2, 0.25) is 0 Å². The van der Waals surface area contributed by atoms with Gasteiger partial charge in [0.15, 0.2) is 0 Å². The van der Waals surface area contributed by atoms with Crippen LogP contribution in [0.5, 0.6) is 0 Å². The molecule has 0 aliphatic heterocycles. The van der Waals surface area contributed by atoms with Gasteiger partial charge in [-0.25, -0.2) is 0 Å². The SMILES string of the molecule is CC(C)=CCCC1=CCC(C(=O)O)C(C(=O)OC(C)COCC(C)OC(=O)C2CC=C(CCC=C(C)C)CC2C(=O)OCCOC(=O)C2CC=C(CCC=C(C)C)CC2C(=O)OCCOC(=O)C2CC=C(CCC=C(C)C)CC2C(=O)OCCO)C1. The molecule has 0 aromatic heterocycles. The third-order valence-corrected chi connectivity index (χ3v) is 15.8. The number of hydrogen-bond donors (Lipinski definition) is 2. The number of carbonyl (C=O) groups excluding carboxylic acids is 7. The van der Waals surface area contributed by atoms with E-state index >= 15 is 0 Å². The van der Waals surface area contributed by atoms with Crippen LogP contribution in [0.15, 0.2) is 93.2 Å². The molecule has 0 heterocycles. The zero-order chi connectivity index (χ0) is 63.3. The average molecular weight is 1200 g/mol. The Morgan fingerprint density at radius 2 is 0.663 bits per heavy atom. The van der Waals surface area contributed by atoms with Gasteiger partial charge in [-0.3, -0.25) is 38.4 Å². The zero-order valence-electron chi connectivity index (χ0n) is 52.8. The highest BCUT2D eigenvalue weighted by Gasteiger charge is 2.42. The van der Waals surface area contributed by atoms with Crippen molar-refractivity contribution in [3.05, 3.63) is 93.2 Å². The molecule has 0 aromatic carbocycles. The van der Waals surface area contributed by atoms with Crippen molar-refractivity contribution >= 4 is 47.8 Å². The number of aliphatic hydroxyl groups excluding tert-OH is 1. The zero-order valence-corrected chi connectivity index (χ0v) is 52.8. The van der Waals surface area contributed by atoms with E-state index in [1.165, 1.54) is 11.1 Å². The van der Waals surface area contributed by atoms with Gasteiger partial charge in [-0.05, 0) is 172 Å². The molecule has 0 bridgehead atoms. The van der Waals surface area contributed by atoms with Gasteiger partial charge in [0.25, 0.3) is 0 Å². The van der Waals surface area contributed by atoms with Crippen molar-refractivity contribution < 1.29 is 86.5 Å². The van der Waals surface area contributed by atoms with Gasteiger partial charge in [-0.15, -0.1) is 0 Å². The van der Waals surface area contributed by atoms with Gasteiger partial charge in [-0.1, -0.05) is 93.2 Å². The van der Waals surface area contributed by atoms with Crippen molar-refractivity contribution in [2.24, 2.45) is 47.3 Å². The van der Waals surface area contributed by atoms with Crippen molar-refractivity contribution in [2.45, 2.75) is 184 Å². The summed E-state index contributed by atoms with van der Waals surface area (Å²) in [4.78, 5) is 107. The third-order valence-electron chi connectivity index (χ3n) is 15.8. The van der Waals surface area contributed by atoms with E-state index in [-0.39, 0.29) is 91.4 Å². The molecule has 4 aliphatic carbocycles. The summed E-state index contributed by atoms with van der Waals surface area (Å²) in [6.07, 6.45) is 22.7. The van der Waals surface area contributed by atoms with Crippen LogP contribution in [-0.4, -0.2) is 123 Å². The molecule has 4 aliphatic rings. The molecule has 478 valence electrons. The first-order valence-electron chi connectivity index (χ1n) is 30.9. The van der Waals surface area contributed by atoms with Crippen molar-refractivity contribution in [3.63, 3.8) is 0 Å². The van der Waals surface area contributed by atoms with Gasteiger partial charge in [0, 0.05) is 0 Å². The van der Waals surface area contributed by atoms with Crippen molar-refractivity contribution in [2.75, 3.05) is 52.9 Å². The largest absolute Gasteiger partial charge is 0.481 e. The Morgan fingerprint density at radius 3 is 0.953 bits per heavy atom. The summed E-state index contributed by atoms with van der Waals surface area (Å²) >= 11 is 0. The summed E-state index contributed by atoms with van der Waals surface area (Å²) in [7, 11) is 0. The number of hydrogen-bond acceptors (Lipinski definition) is 17. The fraction of sp³-hybridized carbons (Fsp3) is 0.647. The van der Waals surface area contributed by atoms with Crippen LogP contribution in [0.1, 0.15) is 172 Å². The van der Waals surface area contributed by atoms with Crippen LogP contribution < -0.4 is 0 Å².